The fraction of sp³-hybridized carbons (Fsp3) is 0.259. The highest BCUT2D eigenvalue weighted by Crippen LogP contribution is 2.48. The molecule has 0 N–H and O–H groups in total. The smallest absolute Gasteiger partial charge is 0.234 e. The summed E-state index contributed by atoms with van der Waals surface area (Å²) >= 11 is 1.62. The minimum Gasteiger partial charge on any atom is -0.301 e. The SMILES string of the molecule is CC(C)(C)ON(C=O)[C@H](C=O)CSC(c1ccccc1)(c1ccccc1)c1ccccc1. The lowest BCUT2D eigenvalue weighted by Gasteiger charge is -2.37. The summed E-state index contributed by atoms with van der Waals surface area (Å²) in [4.78, 5) is 29.5. The zero-order chi connectivity index (χ0) is 23.0. The van der Waals surface area contributed by atoms with Crippen LogP contribution in [0.15, 0.2) is 91.0 Å². The number of carbonyl (C=O) groups is 2. The highest BCUT2D eigenvalue weighted by Gasteiger charge is 2.38. The average molecular weight is 448 g/mol. The number of aldehydes is 1. The summed E-state index contributed by atoms with van der Waals surface area (Å²) < 4.78 is -0.568. The zero-order valence-electron chi connectivity index (χ0n) is 18.7. The van der Waals surface area contributed by atoms with Gasteiger partial charge in [0.05, 0.1) is 10.3 Å². The monoisotopic (exact) mass is 447 g/mol. The normalized spacial score (nSPS) is 12.7. The molecule has 32 heavy (non-hydrogen) atoms. The van der Waals surface area contributed by atoms with Gasteiger partial charge in [0, 0.05) is 5.75 Å². The second-order valence-corrected chi connectivity index (χ2v) is 9.70. The van der Waals surface area contributed by atoms with E-state index in [4.69, 9.17) is 4.84 Å². The van der Waals surface area contributed by atoms with Crippen LogP contribution in [-0.2, 0) is 19.2 Å². The molecule has 0 spiro atoms. The number of carbonyl (C=O) groups excluding carboxylic acids is 2. The molecule has 1 atom stereocenters. The third kappa shape index (κ3) is 5.47. The van der Waals surface area contributed by atoms with Gasteiger partial charge in [-0.25, -0.2) is 5.06 Å². The first-order chi connectivity index (χ1) is 15.4. The van der Waals surface area contributed by atoms with E-state index in [1.165, 1.54) is 0 Å². The Kier molecular flexibility index (Phi) is 7.89. The molecule has 0 aliphatic carbocycles. The first-order valence-corrected chi connectivity index (χ1v) is 11.6. The van der Waals surface area contributed by atoms with Crippen molar-refractivity contribution in [1.82, 2.24) is 5.06 Å². The van der Waals surface area contributed by atoms with Gasteiger partial charge in [-0.2, -0.15) is 0 Å². The Bertz CT molecular complexity index is 891. The quantitative estimate of drug-likeness (QED) is 0.235. The number of nitrogens with zero attached hydrogens (tertiary/aromatic N) is 1. The lowest BCUT2D eigenvalue weighted by Crippen LogP contribution is -2.43. The Balaban J connectivity index is 2.09. The Labute approximate surface area is 194 Å². The molecule has 0 bridgehead atoms. The van der Waals surface area contributed by atoms with Crippen molar-refractivity contribution < 1.29 is 14.4 Å². The van der Waals surface area contributed by atoms with E-state index in [0.717, 1.165) is 28.0 Å². The number of thioether (sulfide) groups is 1. The highest BCUT2D eigenvalue weighted by molar-refractivity contribution is 8.00. The molecular formula is C27H29NO3S. The van der Waals surface area contributed by atoms with Gasteiger partial charge in [-0.05, 0) is 37.5 Å². The van der Waals surface area contributed by atoms with E-state index >= 15 is 0 Å². The minimum atomic E-state index is -0.729. The number of hydrogen-bond donors (Lipinski definition) is 0. The molecule has 1 amide bonds. The van der Waals surface area contributed by atoms with Gasteiger partial charge in [0.25, 0.3) is 0 Å². The number of amides is 1. The van der Waals surface area contributed by atoms with E-state index in [2.05, 4.69) is 36.4 Å². The predicted molar refractivity (Wildman–Crippen MR) is 130 cm³/mol. The van der Waals surface area contributed by atoms with E-state index < -0.39 is 16.4 Å². The predicted octanol–water partition coefficient (Wildman–Crippen LogP) is 5.47. The van der Waals surface area contributed by atoms with Crippen molar-refractivity contribution in [3.63, 3.8) is 0 Å². The molecule has 3 aromatic carbocycles. The minimum absolute atomic E-state index is 0.358. The highest BCUT2D eigenvalue weighted by atomic mass is 32.2. The van der Waals surface area contributed by atoms with Gasteiger partial charge in [-0.1, -0.05) is 91.0 Å². The Morgan fingerprint density at radius 1 is 0.781 bits per heavy atom. The molecule has 0 unspecified atom stereocenters. The standard InChI is InChI=1S/C27H29NO3S/c1-26(2,3)31-28(21-30)25(19-29)20-32-27(22-13-7-4-8-14-22,23-15-9-5-10-16-23)24-17-11-6-12-18-24/h4-19,21,25H,20H2,1-3H3/t25-/m1/s1. The molecule has 0 aliphatic heterocycles. The van der Waals surface area contributed by atoms with Crippen molar-refractivity contribution in [2.75, 3.05) is 5.75 Å². The van der Waals surface area contributed by atoms with E-state index in [1.54, 1.807) is 11.8 Å². The molecule has 0 fully saturated rings. The molecule has 0 radical (unpaired) electrons. The molecule has 3 rings (SSSR count). The summed E-state index contributed by atoms with van der Waals surface area (Å²) in [6.45, 7) is 5.54. The molecule has 4 nitrogen and oxygen atoms in total. The fourth-order valence-electron chi connectivity index (χ4n) is 3.64. The van der Waals surface area contributed by atoms with E-state index in [1.807, 2.05) is 75.4 Å². The average Bonchev–Trinajstić information content (AvgIpc) is 2.82. The van der Waals surface area contributed by atoms with Gasteiger partial charge in [0.1, 0.15) is 12.3 Å². The largest absolute Gasteiger partial charge is 0.301 e. The number of benzene rings is 3. The first kappa shape index (κ1) is 23.8. The van der Waals surface area contributed by atoms with Crippen LogP contribution in [0.1, 0.15) is 37.5 Å². The van der Waals surface area contributed by atoms with Crippen molar-refractivity contribution in [3.8, 4) is 0 Å². The molecule has 0 aliphatic rings. The molecular weight excluding hydrogens is 418 g/mol. The van der Waals surface area contributed by atoms with Crippen LogP contribution in [0.25, 0.3) is 0 Å². The van der Waals surface area contributed by atoms with E-state index in [-0.39, 0.29) is 0 Å². The maximum Gasteiger partial charge on any atom is 0.234 e. The van der Waals surface area contributed by atoms with Gasteiger partial charge in [-0.15, -0.1) is 11.8 Å². The third-order valence-electron chi connectivity index (χ3n) is 4.98. The third-order valence-corrected chi connectivity index (χ3v) is 6.63. The van der Waals surface area contributed by atoms with Crippen molar-refractivity contribution >= 4 is 24.5 Å². The second-order valence-electron chi connectivity index (χ2n) is 8.46. The molecule has 5 heteroatoms. The van der Waals surface area contributed by atoms with Crippen LogP contribution in [0.3, 0.4) is 0 Å². The topological polar surface area (TPSA) is 46.6 Å². The van der Waals surface area contributed by atoms with Crippen molar-refractivity contribution in [3.05, 3.63) is 108 Å². The van der Waals surface area contributed by atoms with Crippen LogP contribution in [0, 0.1) is 0 Å². The summed E-state index contributed by atoms with van der Waals surface area (Å²) in [6, 6.07) is 30.0. The number of hydroxylamine groups is 2. The van der Waals surface area contributed by atoms with E-state index in [9.17, 15) is 9.59 Å². The lowest BCUT2D eigenvalue weighted by atomic mass is 9.84. The Morgan fingerprint density at radius 3 is 1.50 bits per heavy atom. The maximum atomic E-state index is 12.0. The summed E-state index contributed by atoms with van der Waals surface area (Å²) in [7, 11) is 0. The van der Waals surface area contributed by atoms with Crippen molar-refractivity contribution in [2.24, 2.45) is 0 Å². The van der Waals surface area contributed by atoms with Gasteiger partial charge >= 0.3 is 0 Å². The maximum absolute atomic E-state index is 12.0. The molecule has 0 saturated heterocycles. The fourth-order valence-corrected chi connectivity index (χ4v) is 5.19. The molecule has 3 aromatic rings. The van der Waals surface area contributed by atoms with Crippen LogP contribution in [0.5, 0.6) is 0 Å². The summed E-state index contributed by atoms with van der Waals surface area (Å²) in [5, 5.41) is 1.13. The first-order valence-electron chi connectivity index (χ1n) is 10.6. The molecule has 0 aromatic heterocycles. The second kappa shape index (κ2) is 10.6. The van der Waals surface area contributed by atoms with Crippen LogP contribution < -0.4 is 0 Å². The van der Waals surface area contributed by atoms with Crippen molar-refractivity contribution in [2.45, 2.75) is 37.2 Å². The van der Waals surface area contributed by atoms with Gasteiger partial charge in [0.2, 0.25) is 6.41 Å². The Morgan fingerprint density at radius 2 is 1.19 bits per heavy atom. The van der Waals surface area contributed by atoms with E-state index in [0.29, 0.717) is 12.2 Å². The number of hydrogen-bond acceptors (Lipinski definition) is 4. The van der Waals surface area contributed by atoms with Crippen molar-refractivity contribution in [1.29, 1.82) is 0 Å². The lowest BCUT2D eigenvalue weighted by molar-refractivity contribution is -0.225. The summed E-state index contributed by atoms with van der Waals surface area (Å²) in [5.74, 6) is 0.358. The summed E-state index contributed by atoms with van der Waals surface area (Å²) in [5.41, 5.74) is 2.70. The van der Waals surface area contributed by atoms with Gasteiger partial charge < -0.3 is 4.79 Å². The molecule has 0 heterocycles. The number of rotatable bonds is 10. The van der Waals surface area contributed by atoms with Crippen LogP contribution in [-0.4, -0.2) is 35.2 Å². The van der Waals surface area contributed by atoms with Crippen LogP contribution in [0.2, 0.25) is 0 Å². The van der Waals surface area contributed by atoms with Crippen LogP contribution >= 0.6 is 11.8 Å². The van der Waals surface area contributed by atoms with Gasteiger partial charge in [-0.3, -0.25) is 9.63 Å². The molecule has 166 valence electrons. The zero-order valence-corrected chi connectivity index (χ0v) is 19.5. The van der Waals surface area contributed by atoms with Crippen LogP contribution in [0.4, 0.5) is 0 Å². The Hall–Kier alpha value is -2.89. The van der Waals surface area contributed by atoms with Gasteiger partial charge in [0.15, 0.2) is 0 Å². The molecule has 0 saturated carbocycles. The summed E-state index contributed by atoms with van der Waals surface area (Å²) in [6.07, 6.45) is 1.36.